The normalized spacial score (nSPS) is 24.0. The topological polar surface area (TPSA) is 68.3 Å². The molecule has 2 fully saturated rings. The fourth-order valence-electron chi connectivity index (χ4n) is 3.39. The van der Waals surface area contributed by atoms with Crippen molar-refractivity contribution in [1.82, 2.24) is 10.3 Å². The Bertz CT molecular complexity index is 549. The molecule has 6 heteroatoms. The van der Waals surface area contributed by atoms with Gasteiger partial charge in [0.15, 0.2) is 0 Å². The van der Waals surface area contributed by atoms with Crippen LogP contribution >= 0.6 is 11.3 Å². The molecule has 1 aliphatic carbocycles. The van der Waals surface area contributed by atoms with E-state index in [-0.39, 0.29) is 24.2 Å². The molecule has 0 bridgehead atoms. The second kappa shape index (κ2) is 5.75. The molecule has 1 N–H and O–H groups in total. The standard InChI is InChI=1S/C15H20N2O3S/c1-10-9-21-12(17-10)8-16-14(19)11-7-13(18)20-15(11)5-3-2-4-6-15/h9,11H,2-8H2,1H3,(H,16,19). The second-order valence-electron chi connectivity index (χ2n) is 5.96. The third kappa shape index (κ3) is 2.95. The van der Waals surface area contributed by atoms with Crippen molar-refractivity contribution in [2.75, 3.05) is 0 Å². The van der Waals surface area contributed by atoms with E-state index in [1.54, 1.807) is 0 Å². The lowest BCUT2D eigenvalue weighted by Gasteiger charge is -2.35. The number of carbonyl (C=O) groups is 2. The number of nitrogens with one attached hydrogen (secondary N) is 1. The first kappa shape index (κ1) is 14.5. The summed E-state index contributed by atoms with van der Waals surface area (Å²) in [7, 11) is 0. The molecule has 5 nitrogen and oxygen atoms in total. The molecule has 1 saturated carbocycles. The Morgan fingerprint density at radius 2 is 2.24 bits per heavy atom. The fourth-order valence-corrected chi connectivity index (χ4v) is 4.11. The molecule has 1 atom stereocenters. The third-order valence-corrected chi connectivity index (χ3v) is 5.39. The second-order valence-corrected chi connectivity index (χ2v) is 6.90. The lowest BCUT2D eigenvalue weighted by atomic mass is 9.75. The van der Waals surface area contributed by atoms with Gasteiger partial charge in [0.25, 0.3) is 0 Å². The van der Waals surface area contributed by atoms with Crippen LogP contribution in [-0.2, 0) is 20.9 Å². The molecule has 1 amide bonds. The van der Waals surface area contributed by atoms with Gasteiger partial charge < -0.3 is 10.1 Å². The Morgan fingerprint density at radius 1 is 1.48 bits per heavy atom. The van der Waals surface area contributed by atoms with Crippen molar-refractivity contribution in [3.8, 4) is 0 Å². The van der Waals surface area contributed by atoms with Gasteiger partial charge in [0.1, 0.15) is 10.6 Å². The van der Waals surface area contributed by atoms with Crippen LogP contribution in [0.1, 0.15) is 49.2 Å². The molecule has 2 aliphatic rings. The minimum absolute atomic E-state index is 0.0735. The van der Waals surface area contributed by atoms with Crippen LogP contribution in [0.5, 0.6) is 0 Å². The van der Waals surface area contributed by atoms with E-state index in [2.05, 4.69) is 10.3 Å². The molecule has 1 unspecified atom stereocenters. The zero-order valence-electron chi connectivity index (χ0n) is 12.2. The van der Waals surface area contributed by atoms with Crippen molar-refractivity contribution in [3.63, 3.8) is 0 Å². The Kier molecular flexibility index (Phi) is 3.97. The number of hydrogen-bond donors (Lipinski definition) is 1. The summed E-state index contributed by atoms with van der Waals surface area (Å²) in [5, 5.41) is 5.78. The molecule has 1 aliphatic heterocycles. The predicted octanol–water partition coefficient (Wildman–Crippen LogP) is 2.33. The lowest BCUT2D eigenvalue weighted by Crippen LogP contribution is -2.45. The fraction of sp³-hybridized carbons (Fsp3) is 0.667. The van der Waals surface area contributed by atoms with Gasteiger partial charge in [-0.15, -0.1) is 11.3 Å². The summed E-state index contributed by atoms with van der Waals surface area (Å²) >= 11 is 1.54. The minimum atomic E-state index is -0.543. The van der Waals surface area contributed by atoms with Crippen LogP contribution in [0.25, 0.3) is 0 Å². The first-order chi connectivity index (χ1) is 10.1. The first-order valence-electron chi connectivity index (χ1n) is 7.50. The monoisotopic (exact) mass is 308 g/mol. The van der Waals surface area contributed by atoms with Crippen molar-refractivity contribution in [3.05, 3.63) is 16.1 Å². The predicted molar refractivity (Wildman–Crippen MR) is 78.7 cm³/mol. The van der Waals surface area contributed by atoms with Crippen LogP contribution in [0.4, 0.5) is 0 Å². The van der Waals surface area contributed by atoms with E-state index in [0.717, 1.165) is 42.8 Å². The molecule has 21 heavy (non-hydrogen) atoms. The number of aromatic nitrogens is 1. The first-order valence-corrected chi connectivity index (χ1v) is 8.38. The van der Waals surface area contributed by atoms with Crippen LogP contribution < -0.4 is 5.32 Å². The molecule has 3 rings (SSSR count). The zero-order chi connectivity index (χ0) is 14.9. The third-order valence-electron chi connectivity index (χ3n) is 4.42. The molecule has 2 heterocycles. The van der Waals surface area contributed by atoms with Crippen molar-refractivity contribution in [1.29, 1.82) is 0 Å². The maximum Gasteiger partial charge on any atom is 0.307 e. The highest BCUT2D eigenvalue weighted by molar-refractivity contribution is 7.09. The zero-order valence-corrected chi connectivity index (χ0v) is 13.0. The van der Waals surface area contributed by atoms with E-state index in [0.29, 0.717) is 6.54 Å². The average Bonchev–Trinajstić information content (AvgIpc) is 3.01. The summed E-state index contributed by atoms with van der Waals surface area (Å²) in [6, 6.07) is 0. The number of esters is 1. The van der Waals surface area contributed by atoms with Gasteiger partial charge in [-0.1, -0.05) is 6.42 Å². The number of carbonyl (C=O) groups excluding carboxylic acids is 2. The van der Waals surface area contributed by atoms with E-state index in [4.69, 9.17) is 4.74 Å². The van der Waals surface area contributed by atoms with E-state index in [1.165, 1.54) is 11.3 Å². The summed E-state index contributed by atoms with van der Waals surface area (Å²) in [6.45, 7) is 2.36. The summed E-state index contributed by atoms with van der Waals surface area (Å²) in [5.74, 6) is -0.649. The van der Waals surface area contributed by atoms with Gasteiger partial charge in [0.2, 0.25) is 5.91 Å². The maximum atomic E-state index is 12.5. The van der Waals surface area contributed by atoms with E-state index in [1.807, 2.05) is 12.3 Å². The Hall–Kier alpha value is -1.43. The quantitative estimate of drug-likeness (QED) is 0.870. The number of amides is 1. The number of thiazole rings is 1. The summed E-state index contributed by atoms with van der Waals surface area (Å²) in [4.78, 5) is 28.5. The van der Waals surface area contributed by atoms with Crippen molar-refractivity contribution in [2.45, 2.75) is 57.6 Å². The minimum Gasteiger partial charge on any atom is -0.458 e. The Morgan fingerprint density at radius 3 is 2.90 bits per heavy atom. The maximum absolute atomic E-state index is 12.5. The number of rotatable bonds is 3. The van der Waals surface area contributed by atoms with E-state index < -0.39 is 5.60 Å². The number of nitrogens with zero attached hydrogens (tertiary/aromatic N) is 1. The highest BCUT2D eigenvalue weighted by atomic mass is 32.1. The van der Waals surface area contributed by atoms with Gasteiger partial charge >= 0.3 is 5.97 Å². The molecule has 1 aromatic rings. The van der Waals surface area contributed by atoms with Crippen LogP contribution in [0.3, 0.4) is 0 Å². The smallest absolute Gasteiger partial charge is 0.307 e. The van der Waals surface area contributed by atoms with Crippen molar-refractivity contribution >= 4 is 23.2 Å². The summed E-state index contributed by atoms with van der Waals surface area (Å²) in [5.41, 5.74) is 0.422. The van der Waals surface area contributed by atoms with Gasteiger partial charge in [-0.3, -0.25) is 9.59 Å². The van der Waals surface area contributed by atoms with Crippen LogP contribution in [-0.4, -0.2) is 22.5 Å². The van der Waals surface area contributed by atoms with Gasteiger partial charge in [-0.25, -0.2) is 4.98 Å². The van der Waals surface area contributed by atoms with Crippen LogP contribution in [0.2, 0.25) is 0 Å². The summed E-state index contributed by atoms with van der Waals surface area (Å²) in [6.07, 6.45) is 5.06. The van der Waals surface area contributed by atoms with E-state index >= 15 is 0 Å². The average molecular weight is 308 g/mol. The van der Waals surface area contributed by atoms with Gasteiger partial charge in [-0.2, -0.15) is 0 Å². The Balaban J connectivity index is 1.66. The van der Waals surface area contributed by atoms with Gasteiger partial charge in [0.05, 0.1) is 18.9 Å². The molecule has 1 spiro atoms. The number of hydrogen-bond acceptors (Lipinski definition) is 5. The molecular weight excluding hydrogens is 288 g/mol. The van der Waals surface area contributed by atoms with Crippen LogP contribution in [0.15, 0.2) is 5.38 Å². The largest absolute Gasteiger partial charge is 0.458 e. The molecule has 0 aromatic carbocycles. The van der Waals surface area contributed by atoms with Crippen molar-refractivity contribution in [2.24, 2.45) is 5.92 Å². The molecule has 1 aromatic heterocycles. The Labute approximate surface area is 128 Å². The molecule has 1 saturated heterocycles. The van der Waals surface area contributed by atoms with Gasteiger partial charge in [-0.05, 0) is 32.6 Å². The number of aryl methyl sites for hydroxylation is 1. The van der Waals surface area contributed by atoms with Gasteiger partial charge in [0, 0.05) is 11.1 Å². The highest BCUT2D eigenvalue weighted by Gasteiger charge is 2.52. The lowest BCUT2D eigenvalue weighted by molar-refractivity contribution is -0.153. The molecule has 0 radical (unpaired) electrons. The SMILES string of the molecule is Cc1csc(CNC(=O)C2CC(=O)OC23CCCCC3)n1. The van der Waals surface area contributed by atoms with Crippen LogP contribution in [0, 0.1) is 12.8 Å². The molecule has 114 valence electrons. The molecular formula is C15H20N2O3S. The highest BCUT2D eigenvalue weighted by Crippen LogP contribution is 2.44. The van der Waals surface area contributed by atoms with Crippen molar-refractivity contribution < 1.29 is 14.3 Å². The number of ether oxygens (including phenoxy) is 1. The van der Waals surface area contributed by atoms with E-state index in [9.17, 15) is 9.59 Å². The summed E-state index contributed by atoms with van der Waals surface area (Å²) < 4.78 is 5.57.